The lowest BCUT2D eigenvalue weighted by molar-refractivity contribution is 0.139. The number of H-pyrrole nitrogens is 1. The Hall–Kier alpha value is -2.63. The molecule has 2 heterocycles. The van der Waals surface area contributed by atoms with Gasteiger partial charge in [0.15, 0.2) is 5.43 Å². The van der Waals surface area contributed by atoms with Crippen molar-refractivity contribution in [3.05, 3.63) is 75.6 Å². The number of fused-ring (bicyclic) bond motifs is 1. The van der Waals surface area contributed by atoms with E-state index < -0.39 is 0 Å². The minimum absolute atomic E-state index is 0.103. The summed E-state index contributed by atoms with van der Waals surface area (Å²) in [5, 5.41) is 0.693. The lowest BCUT2D eigenvalue weighted by Gasteiger charge is -2.35. The summed E-state index contributed by atoms with van der Waals surface area (Å²) in [7, 11) is 4.31. The number of aromatic nitrogens is 1. The smallest absolute Gasteiger partial charge is 0.194 e. The average Bonchev–Trinajstić information content (AvgIpc) is 2.76. The summed E-state index contributed by atoms with van der Waals surface area (Å²) in [6.07, 6.45) is 2.30. The average molecular weight is 406 g/mol. The number of aromatic amines is 1. The highest BCUT2D eigenvalue weighted by atomic mass is 16.5. The maximum atomic E-state index is 13.3. The molecule has 1 N–H and O–H groups in total. The van der Waals surface area contributed by atoms with Gasteiger partial charge in [-0.25, -0.2) is 0 Å². The normalized spacial score (nSPS) is 15.7. The van der Waals surface area contributed by atoms with E-state index in [1.807, 2.05) is 55.5 Å². The number of hydrogen-bond donors (Lipinski definition) is 1. The molecule has 1 saturated heterocycles. The number of nitrogens with zero attached hydrogens (tertiary/aromatic N) is 2. The fourth-order valence-corrected chi connectivity index (χ4v) is 4.27. The van der Waals surface area contributed by atoms with Crippen LogP contribution in [0, 0.1) is 6.92 Å². The van der Waals surface area contributed by atoms with Crippen molar-refractivity contribution in [2.45, 2.75) is 39.0 Å². The van der Waals surface area contributed by atoms with Gasteiger partial charge < -0.3 is 14.6 Å². The van der Waals surface area contributed by atoms with Gasteiger partial charge in [-0.05, 0) is 70.7 Å². The highest BCUT2D eigenvalue weighted by Crippen LogP contribution is 2.21. The zero-order chi connectivity index (χ0) is 21.1. The van der Waals surface area contributed by atoms with E-state index in [9.17, 15) is 4.79 Å². The van der Waals surface area contributed by atoms with Crippen LogP contribution in [-0.2, 0) is 13.2 Å². The Bertz CT molecular complexity index is 1050. The van der Waals surface area contributed by atoms with Crippen molar-refractivity contribution in [3.63, 3.8) is 0 Å². The first-order valence-corrected chi connectivity index (χ1v) is 10.7. The van der Waals surface area contributed by atoms with E-state index in [1.165, 1.54) is 0 Å². The number of piperidine rings is 1. The Kier molecular flexibility index (Phi) is 6.21. The largest absolute Gasteiger partial charge is 0.489 e. The first-order chi connectivity index (χ1) is 14.5. The molecule has 158 valence electrons. The molecule has 4 rings (SSSR count). The Morgan fingerprint density at radius 3 is 2.60 bits per heavy atom. The zero-order valence-corrected chi connectivity index (χ0v) is 18.1. The quantitative estimate of drug-likeness (QED) is 0.675. The van der Waals surface area contributed by atoms with E-state index in [4.69, 9.17) is 4.74 Å². The van der Waals surface area contributed by atoms with Gasteiger partial charge in [-0.2, -0.15) is 0 Å². The molecule has 0 aliphatic carbocycles. The number of pyridine rings is 1. The van der Waals surface area contributed by atoms with Crippen LogP contribution in [0.25, 0.3) is 10.9 Å². The molecule has 5 heteroatoms. The fraction of sp³-hybridized carbons (Fsp3) is 0.400. The lowest BCUT2D eigenvalue weighted by Crippen LogP contribution is -2.42. The molecular formula is C25H31N3O2. The van der Waals surface area contributed by atoms with Crippen LogP contribution in [0.5, 0.6) is 5.75 Å². The van der Waals surface area contributed by atoms with Crippen LogP contribution in [0.2, 0.25) is 0 Å². The second-order valence-corrected chi connectivity index (χ2v) is 8.49. The number of aryl methyl sites for hydroxylation is 1. The Labute approximate surface area is 178 Å². The number of nitrogens with one attached hydrogen (secondary N) is 1. The Morgan fingerprint density at radius 2 is 1.87 bits per heavy atom. The lowest BCUT2D eigenvalue weighted by atomic mass is 10.0. The second kappa shape index (κ2) is 9.02. The van der Waals surface area contributed by atoms with Gasteiger partial charge in [0.2, 0.25) is 0 Å². The molecule has 0 spiro atoms. The van der Waals surface area contributed by atoms with Crippen LogP contribution in [-0.4, -0.2) is 48.0 Å². The molecule has 30 heavy (non-hydrogen) atoms. The molecule has 1 aromatic heterocycles. The number of likely N-dealkylation sites (tertiary alicyclic amines) is 1. The molecule has 3 aromatic rings. The highest BCUT2D eigenvalue weighted by molar-refractivity contribution is 5.81. The number of ether oxygens (including phenoxy) is 1. The van der Waals surface area contributed by atoms with Gasteiger partial charge in [0, 0.05) is 34.7 Å². The molecule has 0 radical (unpaired) electrons. The first-order valence-electron chi connectivity index (χ1n) is 10.7. The summed E-state index contributed by atoms with van der Waals surface area (Å²) >= 11 is 0. The van der Waals surface area contributed by atoms with Gasteiger partial charge in [-0.1, -0.05) is 30.3 Å². The third-order valence-corrected chi connectivity index (χ3v) is 6.25. The fourth-order valence-electron chi connectivity index (χ4n) is 4.27. The molecule has 2 aromatic carbocycles. The van der Waals surface area contributed by atoms with E-state index in [2.05, 4.69) is 28.9 Å². The predicted molar refractivity (Wildman–Crippen MR) is 122 cm³/mol. The molecule has 1 aliphatic heterocycles. The van der Waals surface area contributed by atoms with Crippen LogP contribution < -0.4 is 10.2 Å². The van der Waals surface area contributed by atoms with Crippen molar-refractivity contribution in [2.75, 3.05) is 27.2 Å². The summed E-state index contributed by atoms with van der Waals surface area (Å²) in [6, 6.07) is 16.3. The van der Waals surface area contributed by atoms with Crippen LogP contribution in [0.3, 0.4) is 0 Å². The van der Waals surface area contributed by atoms with Crippen molar-refractivity contribution >= 4 is 10.9 Å². The van der Waals surface area contributed by atoms with Crippen molar-refractivity contribution in [3.8, 4) is 5.75 Å². The molecule has 1 fully saturated rings. The van der Waals surface area contributed by atoms with E-state index in [0.717, 1.165) is 54.0 Å². The van der Waals surface area contributed by atoms with Crippen molar-refractivity contribution in [1.82, 2.24) is 14.8 Å². The molecular weight excluding hydrogens is 374 g/mol. The zero-order valence-electron chi connectivity index (χ0n) is 18.1. The summed E-state index contributed by atoms with van der Waals surface area (Å²) in [5.74, 6) is 0.718. The van der Waals surface area contributed by atoms with E-state index in [0.29, 0.717) is 24.6 Å². The summed E-state index contributed by atoms with van der Waals surface area (Å²) < 4.78 is 5.94. The first kappa shape index (κ1) is 20.6. The summed E-state index contributed by atoms with van der Waals surface area (Å²) in [5.41, 5.74) is 3.87. The van der Waals surface area contributed by atoms with Gasteiger partial charge in [0.25, 0.3) is 0 Å². The summed E-state index contributed by atoms with van der Waals surface area (Å²) in [4.78, 5) is 21.5. The molecule has 0 amide bonds. The van der Waals surface area contributed by atoms with Crippen LogP contribution in [0.1, 0.15) is 29.7 Å². The standard InChI is InChI=1S/C25H31N3O2/c1-18-23(16-28(3)20-11-13-27(2)14-12-20)25(29)22-15-21(9-10-24(22)26-18)30-17-19-7-5-4-6-8-19/h4-10,15,20H,11-14,16-17H2,1-3H3,(H,26,29). The SMILES string of the molecule is Cc1[nH]c2ccc(OCc3ccccc3)cc2c(=O)c1CN(C)C1CCN(C)CC1. The monoisotopic (exact) mass is 405 g/mol. The Balaban J connectivity index is 1.55. The van der Waals surface area contributed by atoms with Crippen molar-refractivity contribution < 1.29 is 4.74 Å². The minimum atomic E-state index is 0.103. The van der Waals surface area contributed by atoms with Gasteiger partial charge >= 0.3 is 0 Å². The van der Waals surface area contributed by atoms with Gasteiger partial charge in [-0.15, -0.1) is 0 Å². The van der Waals surface area contributed by atoms with Crippen molar-refractivity contribution in [1.29, 1.82) is 0 Å². The third-order valence-electron chi connectivity index (χ3n) is 6.25. The molecule has 0 saturated carbocycles. The number of hydrogen-bond acceptors (Lipinski definition) is 4. The van der Waals surface area contributed by atoms with Gasteiger partial charge in [0.05, 0.1) is 0 Å². The van der Waals surface area contributed by atoms with Crippen LogP contribution in [0.4, 0.5) is 0 Å². The van der Waals surface area contributed by atoms with E-state index in [-0.39, 0.29) is 5.43 Å². The van der Waals surface area contributed by atoms with Crippen LogP contribution >= 0.6 is 0 Å². The number of benzene rings is 2. The topological polar surface area (TPSA) is 48.6 Å². The number of rotatable bonds is 6. The van der Waals surface area contributed by atoms with Gasteiger partial charge in [0.1, 0.15) is 12.4 Å². The van der Waals surface area contributed by atoms with E-state index in [1.54, 1.807) is 0 Å². The maximum Gasteiger partial charge on any atom is 0.194 e. The molecule has 0 bridgehead atoms. The Morgan fingerprint density at radius 1 is 1.13 bits per heavy atom. The maximum absolute atomic E-state index is 13.3. The van der Waals surface area contributed by atoms with Crippen LogP contribution in [0.15, 0.2) is 53.3 Å². The molecule has 5 nitrogen and oxygen atoms in total. The predicted octanol–water partition coefficient (Wildman–Crippen LogP) is 3.94. The summed E-state index contributed by atoms with van der Waals surface area (Å²) in [6.45, 7) is 5.38. The van der Waals surface area contributed by atoms with Crippen molar-refractivity contribution in [2.24, 2.45) is 0 Å². The minimum Gasteiger partial charge on any atom is -0.489 e. The van der Waals surface area contributed by atoms with Gasteiger partial charge in [-0.3, -0.25) is 9.69 Å². The second-order valence-electron chi connectivity index (χ2n) is 8.49. The van der Waals surface area contributed by atoms with E-state index >= 15 is 0 Å². The molecule has 1 aliphatic rings. The highest BCUT2D eigenvalue weighted by Gasteiger charge is 2.22. The molecule has 0 unspecified atom stereocenters. The molecule has 0 atom stereocenters. The third kappa shape index (κ3) is 4.58.